The number of amides is 2. The zero-order valence-corrected chi connectivity index (χ0v) is 19.2. The Kier molecular flexibility index (Phi) is 7.79. The van der Waals surface area contributed by atoms with Crippen molar-refractivity contribution in [1.82, 2.24) is 10.3 Å². The van der Waals surface area contributed by atoms with Gasteiger partial charge in [-0.15, -0.1) is 11.3 Å². The zero-order valence-electron chi connectivity index (χ0n) is 18.4. The second kappa shape index (κ2) is 11.3. The fraction of sp³-hybridized carbons (Fsp3) is 0.115. The van der Waals surface area contributed by atoms with Gasteiger partial charge in [0.2, 0.25) is 5.91 Å². The van der Waals surface area contributed by atoms with Crippen LogP contribution >= 0.6 is 11.3 Å². The molecule has 6 nitrogen and oxygen atoms in total. The molecule has 2 amide bonds. The Morgan fingerprint density at radius 3 is 2.34 bits per heavy atom. The van der Waals surface area contributed by atoms with E-state index in [1.807, 2.05) is 30.3 Å². The number of benzene rings is 3. The Bertz CT molecular complexity index is 1310. The summed E-state index contributed by atoms with van der Waals surface area (Å²) in [6.45, 7) is 0.0255. The van der Waals surface area contributed by atoms with E-state index in [4.69, 9.17) is 4.74 Å². The molecule has 0 saturated carbocycles. The SMILES string of the molecule is O=C(Cc1csc(NC(=O)c2ccccc2F)n1)NC(COc1ccccc1F)c1ccccc1. The summed E-state index contributed by atoms with van der Waals surface area (Å²) in [5.41, 5.74) is 1.15. The number of nitrogens with zero attached hydrogens (tertiary/aromatic N) is 1. The minimum Gasteiger partial charge on any atom is -0.488 e. The number of thiazole rings is 1. The molecular formula is C26H21F2N3O3S. The van der Waals surface area contributed by atoms with Gasteiger partial charge in [-0.1, -0.05) is 54.6 Å². The zero-order chi connectivity index (χ0) is 24.6. The number of para-hydroxylation sites is 1. The summed E-state index contributed by atoms with van der Waals surface area (Å²) >= 11 is 1.13. The van der Waals surface area contributed by atoms with Gasteiger partial charge >= 0.3 is 0 Å². The molecule has 1 aromatic heterocycles. The van der Waals surface area contributed by atoms with Crippen LogP contribution in [0.15, 0.2) is 84.2 Å². The number of ether oxygens (including phenoxy) is 1. The van der Waals surface area contributed by atoms with E-state index in [0.717, 1.165) is 16.9 Å². The van der Waals surface area contributed by atoms with Gasteiger partial charge < -0.3 is 10.1 Å². The molecule has 1 heterocycles. The van der Waals surface area contributed by atoms with E-state index in [9.17, 15) is 18.4 Å². The van der Waals surface area contributed by atoms with Crippen molar-refractivity contribution >= 4 is 28.3 Å². The number of carbonyl (C=O) groups excluding carboxylic acids is 2. The minimum absolute atomic E-state index is 0.0255. The van der Waals surface area contributed by atoms with E-state index in [1.165, 1.54) is 30.3 Å². The number of carbonyl (C=O) groups is 2. The fourth-order valence-corrected chi connectivity index (χ4v) is 4.01. The van der Waals surface area contributed by atoms with E-state index in [1.54, 1.807) is 23.6 Å². The van der Waals surface area contributed by atoms with Crippen LogP contribution in [-0.4, -0.2) is 23.4 Å². The summed E-state index contributed by atoms with van der Waals surface area (Å²) < 4.78 is 33.4. The maximum absolute atomic E-state index is 13.9. The van der Waals surface area contributed by atoms with Crippen LogP contribution in [0, 0.1) is 11.6 Å². The Balaban J connectivity index is 1.39. The van der Waals surface area contributed by atoms with Crippen LogP contribution in [0.4, 0.5) is 13.9 Å². The lowest BCUT2D eigenvalue weighted by Gasteiger charge is -2.20. The highest BCUT2D eigenvalue weighted by Gasteiger charge is 2.18. The number of nitrogens with one attached hydrogen (secondary N) is 2. The highest BCUT2D eigenvalue weighted by Crippen LogP contribution is 2.21. The first-order valence-corrected chi connectivity index (χ1v) is 11.6. The second-order valence-corrected chi connectivity index (χ2v) is 8.39. The first kappa shape index (κ1) is 24.0. The van der Waals surface area contributed by atoms with Gasteiger partial charge in [-0.05, 0) is 29.8 Å². The molecule has 1 atom stereocenters. The number of aromatic nitrogens is 1. The lowest BCUT2D eigenvalue weighted by atomic mass is 10.1. The number of rotatable bonds is 9. The molecule has 9 heteroatoms. The molecule has 178 valence electrons. The lowest BCUT2D eigenvalue weighted by Crippen LogP contribution is -2.33. The van der Waals surface area contributed by atoms with Gasteiger partial charge in [0.1, 0.15) is 12.4 Å². The molecule has 0 aliphatic heterocycles. The first-order chi connectivity index (χ1) is 17.0. The Morgan fingerprint density at radius 2 is 1.60 bits per heavy atom. The Hall–Kier alpha value is -4.11. The average Bonchev–Trinajstić information content (AvgIpc) is 3.29. The normalized spacial score (nSPS) is 11.5. The van der Waals surface area contributed by atoms with Crippen LogP contribution in [0.3, 0.4) is 0 Å². The molecule has 0 spiro atoms. The van der Waals surface area contributed by atoms with Gasteiger partial charge in [-0.25, -0.2) is 13.8 Å². The van der Waals surface area contributed by atoms with Crippen molar-refractivity contribution in [3.8, 4) is 5.75 Å². The third-order valence-corrected chi connectivity index (χ3v) is 5.82. The van der Waals surface area contributed by atoms with Crippen molar-refractivity contribution in [2.45, 2.75) is 12.5 Å². The molecule has 0 fully saturated rings. The van der Waals surface area contributed by atoms with Crippen molar-refractivity contribution < 1.29 is 23.1 Å². The maximum Gasteiger partial charge on any atom is 0.260 e. The van der Waals surface area contributed by atoms with Gasteiger partial charge in [0, 0.05) is 5.38 Å². The number of hydrogen-bond acceptors (Lipinski definition) is 5. The molecule has 1 unspecified atom stereocenters. The molecule has 3 aromatic carbocycles. The second-order valence-electron chi connectivity index (χ2n) is 7.53. The van der Waals surface area contributed by atoms with Gasteiger partial charge in [-0.2, -0.15) is 0 Å². The predicted molar refractivity (Wildman–Crippen MR) is 129 cm³/mol. The van der Waals surface area contributed by atoms with Crippen molar-refractivity contribution in [2.24, 2.45) is 0 Å². The number of anilines is 1. The Morgan fingerprint density at radius 1 is 0.914 bits per heavy atom. The first-order valence-electron chi connectivity index (χ1n) is 10.7. The quantitative estimate of drug-likeness (QED) is 0.338. The summed E-state index contributed by atoms with van der Waals surface area (Å²) in [5, 5.41) is 7.34. The monoisotopic (exact) mass is 493 g/mol. The van der Waals surface area contributed by atoms with Crippen molar-refractivity contribution in [3.05, 3.63) is 113 Å². The van der Waals surface area contributed by atoms with Crippen LogP contribution in [0.1, 0.15) is 27.7 Å². The van der Waals surface area contributed by atoms with Crippen molar-refractivity contribution in [1.29, 1.82) is 0 Å². The van der Waals surface area contributed by atoms with Crippen LogP contribution in [-0.2, 0) is 11.2 Å². The van der Waals surface area contributed by atoms with Crippen LogP contribution in [0.5, 0.6) is 5.75 Å². The summed E-state index contributed by atoms with van der Waals surface area (Å²) in [5.74, 6) is -1.97. The fourth-order valence-electron chi connectivity index (χ4n) is 3.31. The van der Waals surface area contributed by atoms with Crippen LogP contribution in [0.2, 0.25) is 0 Å². The molecule has 0 saturated heterocycles. The summed E-state index contributed by atoms with van der Waals surface area (Å²) in [7, 11) is 0. The third-order valence-electron chi connectivity index (χ3n) is 5.01. The largest absolute Gasteiger partial charge is 0.488 e. The predicted octanol–water partition coefficient (Wildman–Crippen LogP) is 5.15. The van der Waals surface area contributed by atoms with E-state index >= 15 is 0 Å². The lowest BCUT2D eigenvalue weighted by molar-refractivity contribution is -0.121. The maximum atomic E-state index is 13.9. The third kappa shape index (κ3) is 6.48. The molecular weight excluding hydrogens is 472 g/mol. The summed E-state index contributed by atoms with van der Waals surface area (Å²) in [6, 6.07) is 20.4. The molecule has 0 aliphatic rings. The van der Waals surface area contributed by atoms with Crippen LogP contribution in [0.25, 0.3) is 0 Å². The molecule has 4 rings (SSSR count). The summed E-state index contributed by atoms with van der Waals surface area (Å²) in [4.78, 5) is 29.3. The Labute approximate surface area is 204 Å². The van der Waals surface area contributed by atoms with E-state index in [2.05, 4.69) is 15.6 Å². The smallest absolute Gasteiger partial charge is 0.260 e. The van der Waals surface area contributed by atoms with Crippen molar-refractivity contribution in [3.63, 3.8) is 0 Å². The topological polar surface area (TPSA) is 80.3 Å². The molecule has 0 radical (unpaired) electrons. The van der Waals surface area contributed by atoms with Crippen molar-refractivity contribution in [2.75, 3.05) is 11.9 Å². The number of hydrogen-bond donors (Lipinski definition) is 2. The van der Waals surface area contributed by atoms with E-state index < -0.39 is 23.6 Å². The standard InChI is InChI=1S/C26H21F2N3O3S/c27-20-11-5-4-10-19(20)25(33)31-26-29-18(16-35-26)14-24(32)30-22(17-8-2-1-3-9-17)15-34-23-13-7-6-12-21(23)28/h1-13,16,22H,14-15H2,(H,30,32)(H,29,31,33). The molecule has 2 N–H and O–H groups in total. The molecule has 0 aliphatic carbocycles. The van der Waals surface area contributed by atoms with E-state index in [-0.39, 0.29) is 35.4 Å². The minimum atomic E-state index is -0.634. The van der Waals surface area contributed by atoms with Gasteiger partial charge in [-0.3, -0.25) is 14.9 Å². The van der Waals surface area contributed by atoms with E-state index in [0.29, 0.717) is 5.69 Å². The molecule has 35 heavy (non-hydrogen) atoms. The highest BCUT2D eigenvalue weighted by molar-refractivity contribution is 7.14. The number of halogens is 2. The highest BCUT2D eigenvalue weighted by atomic mass is 32.1. The molecule has 4 aromatic rings. The van der Waals surface area contributed by atoms with Crippen LogP contribution < -0.4 is 15.4 Å². The van der Waals surface area contributed by atoms with Gasteiger partial charge in [0.15, 0.2) is 16.7 Å². The van der Waals surface area contributed by atoms with Gasteiger partial charge in [0.25, 0.3) is 5.91 Å². The summed E-state index contributed by atoms with van der Waals surface area (Å²) in [6.07, 6.45) is -0.0465. The van der Waals surface area contributed by atoms with Gasteiger partial charge in [0.05, 0.1) is 23.7 Å². The average molecular weight is 494 g/mol. The molecule has 0 bridgehead atoms.